The average molecular weight is 797 g/mol. The van der Waals surface area contributed by atoms with Crippen LogP contribution in [-0.4, -0.2) is 68.5 Å². The number of likely N-dealkylation sites (N-methyl/N-ethyl adjacent to an activating group) is 1. The van der Waals surface area contributed by atoms with Crippen molar-refractivity contribution in [3.05, 3.63) is 36.5 Å². The second-order valence-corrected chi connectivity index (χ2v) is 18.2. The average Bonchev–Trinajstić information content (AvgIpc) is 3.13. The molecule has 9 heteroatoms. The summed E-state index contributed by atoms with van der Waals surface area (Å²) < 4.78 is 23.2. The summed E-state index contributed by atoms with van der Waals surface area (Å²) in [5.41, 5.74) is 0. The molecule has 0 aromatic carbocycles. The molecule has 0 saturated carbocycles. The van der Waals surface area contributed by atoms with Crippen molar-refractivity contribution in [2.24, 2.45) is 0 Å². The van der Waals surface area contributed by atoms with E-state index in [1.807, 2.05) is 27.2 Å². The second kappa shape index (κ2) is 38.2. The number of aliphatic hydroxyl groups excluding tert-OH is 1. The number of carbonyl (C=O) groups is 1. The minimum absolute atomic E-state index is 0.00711. The van der Waals surface area contributed by atoms with Crippen LogP contribution in [0.3, 0.4) is 0 Å². The molecule has 0 aromatic rings. The van der Waals surface area contributed by atoms with Crippen molar-refractivity contribution in [2.45, 2.75) is 212 Å². The van der Waals surface area contributed by atoms with Crippen LogP contribution in [-0.2, 0) is 18.4 Å². The highest BCUT2D eigenvalue weighted by Crippen LogP contribution is 2.38. The first kappa shape index (κ1) is 53.7. The molecule has 3 atom stereocenters. The van der Waals surface area contributed by atoms with E-state index in [4.69, 9.17) is 9.05 Å². The zero-order valence-corrected chi connectivity index (χ0v) is 37.5. The predicted molar refractivity (Wildman–Crippen MR) is 233 cm³/mol. The smallest absolute Gasteiger partial charge is 0.268 e. The van der Waals surface area contributed by atoms with Gasteiger partial charge in [0.15, 0.2) is 0 Å². The minimum atomic E-state index is -4.59. The van der Waals surface area contributed by atoms with Gasteiger partial charge in [-0.1, -0.05) is 172 Å². The molecule has 1 amide bonds. The maximum atomic E-state index is 12.8. The Labute approximate surface area is 340 Å². The largest absolute Gasteiger partial charge is 0.756 e. The van der Waals surface area contributed by atoms with Gasteiger partial charge in [-0.2, -0.15) is 0 Å². The first-order valence-corrected chi connectivity index (χ1v) is 24.3. The fourth-order valence-corrected chi connectivity index (χ4v) is 7.12. The predicted octanol–water partition coefficient (Wildman–Crippen LogP) is 12.1. The van der Waals surface area contributed by atoms with E-state index < -0.39 is 26.6 Å². The fraction of sp³-hybridized carbons (Fsp3) is 0.848. The van der Waals surface area contributed by atoms with Gasteiger partial charge in [0.25, 0.3) is 7.82 Å². The van der Waals surface area contributed by atoms with Crippen LogP contribution in [0, 0.1) is 0 Å². The number of phosphoric acid groups is 1. The quantitative estimate of drug-likeness (QED) is 0.0276. The zero-order chi connectivity index (χ0) is 40.7. The van der Waals surface area contributed by atoms with Crippen LogP contribution in [0.5, 0.6) is 0 Å². The van der Waals surface area contributed by atoms with Crippen molar-refractivity contribution in [2.75, 3.05) is 40.9 Å². The summed E-state index contributed by atoms with van der Waals surface area (Å²) >= 11 is 0. The first-order chi connectivity index (χ1) is 26.5. The van der Waals surface area contributed by atoms with Gasteiger partial charge in [0, 0.05) is 6.42 Å². The zero-order valence-electron chi connectivity index (χ0n) is 36.6. The number of nitrogens with zero attached hydrogens (tertiary/aromatic N) is 1. The molecule has 324 valence electrons. The Morgan fingerprint density at radius 2 is 1.02 bits per heavy atom. The first-order valence-electron chi connectivity index (χ1n) is 22.9. The lowest BCUT2D eigenvalue weighted by Crippen LogP contribution is -2.45. The number of aliphatic hydroxyl groups is 1. The maximum Gasteiger partial charge on any atom is 0.268 e. The number of rotatable bonds is 41. The van der Waals surface area contributed by atoms with E-state index in [1.165, 1.54) is 141 Å². The highest BCUT2D eigenvalue weighted by Gasteiger charge is 2.23. The number of quaternary nitrogens is 1. The third kappa shape index (κ3) is 40.7. The molecule has 0 heterocycles. The monoisotopic (exact) mass is 797 g/mol. The summed E-state index contributed by atoms with van der Waals surface area (Å²) in [6.45, 7) is 4.61. The highest BCUT2D eigenvalue weighted by molar-refractivity contribution is 7.45. The molecule has 0 saturated heterocycles. The molecular weight excluding hydrogens is 707 g/mol. The molecule has 55 heavy (non-hydrogen) atoms. The van der Waals surface area contributed by atoms with Gasteiger partial charge in [0.05, 0.1) is 39.9 Å². The topological polar surface area (TPSA) is 108 Å². The van der Waals surface area contributed by atoms with Crippen molar-refractivity contribution in [3.63, 3.8) is 0 Å². The standard InChI is InChI=1S/C46H89N2O6P/c1-6-8-10-12-14-16-18-20-22-23-24-26-27-29-31-33-35-37-39-45(49)44(43-54-55(51,52)53-42-41-48(3,4)5)47-46(50)40-38-36-34-32-30-28-25-21-19-17-15-13-11-9-7-2/h17,19,29,31,37,39,44-45,49H,6-16,18,20-28,30,32-36,38,40-43H2,1-5H3,(H-,47,50,51,52)/b19-17-,31-29+,39-37+. The van der Waals surface area contributed by atoms with Crippen LogP contribution in [0.25, 0.3) is 0 Å². The fourth-order valence-electron chi connectivity index (χ4n) is 6.40. The Morgan fingerprint density at radius 3 is 1.49 bits per heavy atom. The molecular formula is C46H89N2O6P. The Balaban J connectivity index is 4.46. The molecule has 0 aromatic heterocycles. The summed E-state index contributed by atoms with van der Waals surface area (Å²) in [5.74, 6) is -0.213. The van der Waals surface area contributed by atoms with E-state index in [1.54, 1.807) is 6.08 Å². The number of hydrogen-bond donors (Lipinski definition) is 2. The summed E-state index contributed by atoms with van der Waals surface area (Å²) in [5, 5.41) is 13.8. The van der Waals surface area contributed by atoms with Gasteiger partial charge >= 0.3 is 0 Å². The molecule has 0 aliphatic heterocycles. The molecule has 2 N–H and O–H groups in total. The third-order valence-corrected chi connectivity index (χ3v) is 11.0. The molecule has 3 unspecified atom stereocenters. The number of carbonyl (C=O) groups excluding carboxylic acids is 1. The molecule has 0 spiro atoms. The maximum absolute atomic E-state index is 12.8. The van der Waals surface area contributed by atoms with Crippen LogP contribution in [0.15, 0.2) is 36.5 Å². The van der Waals surface area contributed by atoms with Crippen molar-refractivity contribution < 1.29 is 32.9 Å². The van der Waals surface area contributed by atoms with Gasteiger partial charge in [-0.3, -0.25) is 9.36 Å². The number of amides is 1. The Kier molecular flexibility index (Phi) is 37.4. The van der Waals surface area contributed by atoms with Crippen LogP contribution >= 0.6 is 7.82 Å². The normalized spacial score (nSPS) is 14.7. The molecule has 0 aliphatic carbocycles. The van der Waals surface area contributed by atoms with Gasteiger partial charge in [-0.05, 0) is 57.8 Å². The minimum Gasteiger partial charge on any atom is -0.756 e. The molecule has 0 rings (SSSR count). The molecule has 0 radical (unpaired) electrons. The van der Waals surface area contributed by atoms with Crippen molar-refractivity contribution in [1.29, 1.82) is 0 Å². The molecule has 8 nitrogen and oxygen atoms in total. The van der Waals surface area contributed by atoms with Gasteiger partial charge in [0.2, 0.25) is 5.91 Å². The highest BCUT2D eigenvalue weighted by atomic mass is 31.2. The van der Waals surface area contributed by atoms with Crippen molar-refractivity contribution in [3.8, 4) is 0 Å². The number of allylic oxidation sites excluding steroid dienone is 5. The van der Waals surface area contributed by atoms with Crippen LogP contribution in [0.2, 0.25) is 0 Å². The number of hydrogen-bond acceptors (Lipinski definition) is 6. The van der Waals surface area contributed by atoms with Crippen LogP contribution in [0.1, 0.15) is 200 Å². The van der Waals surface area contributed by atoms with E-state index in [2.05, 4.69) is 43.5 Å². The summed E-state index contributed by atoms with van der Waals surface area (Å²) in [6.07, 6.45) is 46.2. The van der Waals surface area contributed by atoms with Crippen LogP contribution < -0.4 is 10.2 Å². The molecule has 0 aliphatic rings. The number of nitrogens with one attached hydrogen (secondary N) is 1. The number of unbranched alkanes of at least 4 members (excludes halogenated alkanes) is 24. The summed E-state index contributed by atoms with van der Waals surface area (Å²) in [4.78, 5) is 25.3. The Bertz CT molecular complexity index is 995. The summed E-state index contributed by atoms with van der Waals surface area (Å²) in [6, 6.07) is -0.903. The second-order valence-electron chi connectivity index (χ2n) is 16.7. The Morgan fingerprint density at radius 1 is 0.618 bits per heavy atom. The molecule has 0 bridgehead atoms. The van der Waals surface area contributed by atoms with Crippen LogP contribution in [0.4, 0.5) is 0 Å². The van der Waals surface area contributed by atoms with Gasteiger partial charge in [0.1, 0.15) is 13.2 Å². The van der Waals surface area contributed by atoms with E-state index in [0.29, 0.717) is 17.4 Å². The Hall–Kier alpha value is -1.28. The van der Waals surface area contributed by atoms with E-state index in [9.17, 15) is 19.4 Å². The third-order valence-electron chi connectivity index (χ3n) is 10.1. The lowest BCUT2D eigenvalue weighted by atomic mass is 10.0. The van der Waals surface area contributed by atoms with Gasteiger partial charge in [-0.25, -0.2) is 0 Å². The molecule has 0 fully saturated rings. The van der Waals surface area contributed by atoms with E-state index in [-0.39, 0.29) is 12.5 Å². The van der Waals surface area contributed by atoms with E-state index >= 15 is 0 Å². The van der Waals surface area contributed by atoms with Crippen molar-refractivity contribution >= 4 is 13.7 Å². The lowest BCUT2D eigenvalue weighted by Gasteiger charge is -2.29. The number of phosphoric ester groups is 1. The van der Waals surface area contributed by atoms with Gasteiger partial charge in [-0.15, -0.1) is 0 Å². The van der Waals surface area contributed by atoms with Crippen molar-refractivity contribution in [1.82, 2.24) is 5.32 Å². The summed E-state index contributed by atoms with van der Waals surface area (Å²) in [7, 11) is 1.24. The van der Waals surface area contributed by atoms with E-state index in [0.717, 1.165) is 38.5 Å². The lowest BCUT2D eigenvalue weighted by molar-refractivity contribution is -0.870. The van der Waals surface area contributed by atoms with Gasteiger partial charge < -0.3 is 28.8 Å². The SMILES string of the molecule is CCCCCC/C=C\CCCCCCCCCC(=O)NC(COP(=O)([O-])OCC[N+](C)(C)C)C(O)/C=C/CC/C=C/CCCCCCCCCCCCCC.